The summed E-state index contributed by atoms with van der Waals surface area (Å²) in [5.41, 5.74) is 8.57. The second-order valence-corrected chi connectivity index (χ2v) is 5.45. The molecule has 2 rings (SSSR count). The minimum atomic E-state index is -0.0128. The highest BCUT2D eigenvalue weighted by molar-refractivity contribution is 9.10. The molecule has 0 aliphatic carbocycles. The molecule has 2 aromatic rings. The van der Waals surface area contributed by atoms with Gasteiger partial charge in [0.2, 0.25) is 0 Å². The van der Waals surface area contributed by atoms with Gasteiger partial charge in [-0.2, -0.15) is 0 Å². The van der Waals surface area contributed by atoms with Gasteiger partial charge in [-0.15, -0.1) is 11.3 Å². The van der Waals surface area contributed by atoms with Crippen molar-refractivity contribution in [3.63, 3.8) is 0 Å². The summed E-state index contributed by atoms with van der Waals surface area (Å²) in [4.78, 5) is 1.20. The predicted octanol–water partition coefficient (Wildman–Crippen LogP) is 3.87. The summed E-state index contributed by atoms with van der Waals surface area (Å²) in [6, 6.07) is 10.4. The Morgan fingerprint density at radius 1 is 1.33 bits per heavy atom. The van der Waals surface area contributed by atoms with E-state index in [1.807, 2.05) is 6.07 Å². The van der Waals surface area contributed by atoms with E-state index in [1.165, 1.54) is 10.4 Å². The smallest absolute Gasteiger partial charge is 0.0646 e. The number of halogens is 1. The zero-order valence-electron chi connectivity index (χ0n) is 8.41. The van der Waals surface area contributed by atoms with Crippen LogP contribution in [0.3, 0.4) is 0 Å². The van der Waals surface area contributed by atoms with Crippen LogP contribution in [0.4, 0.5) is 0 Å². The van der Waals surface area contributed by atoms with E-state index in [1.54, 1.807) is 11.3 Å². The van der Waals surface area contributed by atoms with E-state index < -0.39 is 0 Å². The highest BCUT2D eigenvalue weighted by atomic mass is 79.9. The second kappa shape index (κ2) is 4.47. The maximum Gasteiger partial charge on any atom is 0.0646 e. The molecule has 0 aliphatic rings. The number of hydrogen-bond acceptors (Lipinski definition) is 2. The van der Waals surface area contributed by atoms with Crippen molar-refractivity contribution in [3.8, 4) is 0 Å². The monoisotopic (exact) mass is 281 g/mol. The Morgan fingerprint density at radius 3 is 2.73 bits per heavy atom. The normalized spacial score (nSPS) is 12.7. The summed E-state index contributed by atoms with van der Waals surface area (Å²) in [5.74, 6) is 0. The van der Waals surface area contributed by atoms with Crippen LogP contribution in [0.25, 0.3) is 0 Å². The summed E-state index contributed by atoms with van der Waals surface area (Å²) < 4.78 is 1.09. The minimum Gasteiger partial charge on any atom is -0.320 e. The van der Waals surface area contributed by atoms with Gasteiger partial charge in [0.1, 0.15) is 0 Å². The lowest BCUT2D eigenvalue weighted by molar-refractivity contribution is 0.890. The SMILES string of the molecule is Cc1cc(Br)cc(C(N)c2cccs2)c1. The molecule has 1 atom stereocenters. The van der Waals surface area contributed by atoms with Gasteiger partial charge in [-0.05, 0) is 41.6 Å². The number of nitrogens with two attached hydrogens (primary N) is 1. The van der Waals surface area contributed by atoms with E-state index in [0.29, 0.717) is 0 Å². The maximum atomic E-state index is 6.19. The van der Waals surface area contributed by atoms with Gasteiger partial charge in [-0.3, -0.25) is 0 Å². The molecule has 1 unspecified atom stereocenters. The highest BCUT2D eigenvalue weighted by Gasteiger charge is 2.10. The van der Waals surface area contributed by atoms with E-state index in [0.717, 1.165) is 10.0 Å². The van der Waals surface area contributed by atoms with Crippen LogP contribution in [0.15, 0.2) is 40.2 Å². The fourth-order valence-electron chi connectivity index (χ4n) is 1.58. The summed E-state index contributed by atoms with van der Waals surface area (Å²) in [5, 5.41) is 2.06. The molecule has 0 spiro atoms. The van der Waals surface area contributed by atoms with E-state index >= 15 is 0 Å². The molecule has 78 valence electrons. The standard InChI is InChI=1S/C12H12BrNS/c1-8-5-9(7-10(13)6-8)12(14)11-3-2-4-15-11/h2-7,12H,14H2,1H3. The average molecular weight is 282 g/mol. The lowest BCUT2D eigenvalue weighted by atomic mass is 10.0. The molecule has 0 amide bonds. The first-order valence-corrected chi connectivity index (χ1v) is 6.40. The van der Waals surface area contributed by atoms with Gasteiger partial charge in [0.15, 0.2) is 0 Å². The average Bonchev–Trinajstić information content (AvgIpc) is 2.67. The topological polar surface area (TPSA) is 26.0 Å². The van der Waals surface area contributed by atoms with Crippen molar-refractivity contribution in [1.29, 1.82) is 0 Å². The van der Waals surface area contributed by atoms with Crippen LogP contribution in [0.1, 0.15) is 22.0 Å². The molecule has 1 nitrogen and oxygen atoms in total. The molecule has 0 saturated heterocycles. The summed E-state index contributed by atoms with van der Waals surface area (Å²) in [7, 11) is 0. The number of rotatable bonds is 2. The molecule has 2 N–H and O–H groups in total. The lowest BCUT2D eigenvalue weighted by Gasteiger charge is -2.11. The van der Waals surface area contributed by atoms with Crippen molar-refractivity contribution in [2.45, 2.75) is 13.0 Å². The Kier molecular flexibility index (Phi) is 3.24. The van der Waals surface area contributed by atoms with Crippen molar-refractivity contribution < 1.29 is 0 Å². The Hall–Kier alpha value is -0.640. The van der Waals surface area contributed by atoms with Crippen molar-refractivity contribution >= 4 is 27.3 Å². The van der Waals surface area contributed by atoms with Gasteiger partial charge in [0.25, 0.3) is 0 Å². The van der Waals surface area contributed by atoms with Crippen LogP contribution in [0.2, 0.25) is 0 Å². The molecule has 0 radical (unpaired) electrons. The van der Waals surface area contributed by atoms with Gasteiger partial charge in [-0.1, -0.05) is 28.1 Å². The van der Waals surface area contributed by atoms with Gasteiger partial charge in [0, 0.05) is 9.35 Å². The zero-order chi connectivity index (χ0) is 10.8. The zero-order valence-corrected chi connectivity index (χ0v) is 10.8. The van der Waals surface area contributed by atoms with Crippen molar-refractivity contribution in [2.75, 3.05) is 0 Å². The van der Waals surface area contributed by atoms with Gasteiger partial charge in [0.05, 0.1) is 6.04 Å². The molecule has 0 saturated carbocycles. The molecule has 1 heterocycles. The first-order chi connectivity index (χ1) is 7.16. The van der Waals surface area contributed by atoms with Gasteiger partial charge < -0.3 is 5.73 Å². The fourth-order valence-corrected chi connectivity index (χ4v) is 2.96. The molecule has 1 aromatic carbocycles. The van der Waals surface area contributed by atoms with E-state index in [4.69, 9.17) is 5.73 Å². The largest absolute Gasteiger partial charge is 0.320 e. The molecule has 0 bridgehead atoms. The summed E-state index contributed by atoms with van der Waals surface area (Å²) in [6.07, 6.45) is 0. The van der Waals surface area contributed by atoms with E-state index in [9.17, 15) is 0 Å². The number of aryl methyl sites for hydroxylation is 1. The van der Waals surface area contributed by atoms with Crippen LogP contribution in [0.5, 0.6) is 0 Å². The van der Waals surface area contributed by atoms with E-state index in [2.05, 4.69) is 52.5 Å². The Morgan fingerprint density at radius 2 is 2.13 bits per heavy atom. The van der Waals surface area contributed by atoms with E-state index in [-0.39, 0.29) is 6.04 Å². The first-order valence-electron chi connectivity index (χ1n) is 4.73. The number of benzene rings is 1. The van der Waals surface area contributed by atoms with Gasteiger partial charge in [-0.25, -0.2) is 0 Å². The van der Waals surface area contributed by atoms with Crippen LogP contribution >= 0.6 is 27.3 Å². The first kappa shape index (κ1) is 10.9. The third-order valence-electron chi connectivity index (χ3n) is 2.27. The molecular formula is C12H12BrNS. The van der Waals surface area contributed by atoms with Crippen LogP contribution < -0.4 is 5.73 Å². The highest BCUT2D eigenvalue weighted by Crippen LogP contribution is 2.26. The molecular weight excluding hydrogens is 270 g/mol. The van der Waals surface area contributed by atoms with Gasteiger partial charge >= 0.3 is 0 Å². The molecule has 0 aliphatic heterocycles. The Balaban J connectivity index is 2.37. The fraction of sp³-hybridized carbons (Fsp3) is 0.167. The third-order valence-corrected chi connectivity index (χ3v) is 3.69. The van der Waals surface area contributed by atoms with Crippen molar-refractivity contribution in [1.82, 2.24) is 0 Å². The number of hydrogen-bond donors (Lipinski definition) is 1. The van der Waals surface area contributed by atoms with Crippen molar-refractivity contribution in [3.05, 3.63) is 56.2 Å². The van der Waals surface area contributed by atoms with Crippen LogP contribution in [0, 0.1) is 6.92 Å². The summed E-state index contributed by atoms with van der Waals surface area (Å²) >= 11 is 5.19. The quantitative estimate of drug-likeness (QED) is 0.889. The van der Waals surface area contributed by atoms with Crippen LogP contribution in [-0.4, -0.2) is 0 Å². The lowest BCUT2D eigenvalue weighted by Crippen LogP contribution is -2.10. The third kappa shape index (κ3) is 2.48. The molecule has 3 heteroatoms. The Labute approximate surface area is 102 Å². The number of thiophene rings is 1. The minimum absolute atomic E-state index is 0.0128. The maximum absolute atomic E-state index is 6.19. The molecule has 0 fully saturated rings. The second-order valence-electron chi connectivity index (χ2n) is 3.56. The predicted molar refractivity (Wildman–Crippen MR) is 69.2 cm³/mol. The molecule has 15 heavy (non-hydrogen) atoms. The molecule has 1 aromatic heterocycles. The summed E-state index contributed by atoms with van der Waals surface area (Å²) in [6.45, 7) is 2.08. The van der Waals surface area contributed by atoms with Crippen molar-refractivity contribution in [2.24, 2.45) is 5.73 Å². The van der Waals surface area contributed by atoms with Crippen LogP contribution in [-0.2, 0) is 0 Å². The Bertz CT molecular complexity index is 430.